The van der Waals surface area contributed by atoms with Crippen molar-refractivity contribution in [2.75, 3.05) is 0 Å². The Labute approximate surface area is 70.7 Å². The van der Waals surface area contributed by atoms with E-state index in [1.807, 2.05) is 0 Å². The number of hydrogen-bond donors (Lipinski definition) is 0. The molecule has 64 valence electrons. The Morgan fingerprint density at radius 2 is 2.36 bits per heavy atom. The lowest BCUT2D eigenvalue weighted by atomic mass is 9.83. The van der Waals surface area contributed by atoms with E-state index in [0.717, 1.165) is 5.92 Å². The Bertz CT molecular complexity index is 124. The summed E-state index contributed by atoms with van der Waals surface area (Å²) in [5, 5.41) is 0. The fourth-order valence-corrected chi connectivity index (χ4v) is 1.99. The second-order valence-corrected chi connectivity index (χ2v) is 3.85. The van der Waals surface area contributed by atoms with Gasteiger partial charge in [0.1, 0.15) is 0 Å². The van der Waals surface area contributed by atoms with Crippen LogP contribution in [0.15, 0.2) is 12.2 Å². The molecule has 1 atom stereocenters. The molecule has 0 radical (unpaired) electrons. The molecule has 0 aliphatic heterocycles. The molecule has 1 unspecified atom stereocenters. The van der Waals surface area contributed by atoms with Gasteiger partial charge in [-0.1, -0.05) is 38.3 Å². The van der Waals surface area contributed by atoms with Gasteiger partial charge in [0, 0.05) is 0 Å². The van der Waals surface area contributed by atoms with Gasteiger partial charge in [0.25, 0.3) is 0 Å². The smallest absolute Gasteiger partial charge is 0.0294 e. The van der Waals surface area contributed by atoms with Gasteiger partial charge in [0.15, 0.2) is 0 Å². The average molecular weight is 152 g/mol. The summed E-state index contributed by atoms with van der Waals surface area (Å²) in [6.07, 6.45) is 9.67. The summed E-state index contributed by atoms with van der Waals surface area (Å²) in [5.41, 5.74) is 1.50. The summed E-state index contributed by atoms with van der Waals surface area (Å²) >= 11 is 0. The van der Waals surface area contributed by atoms with Crippen LogP contribution >= 0.6 is 0 Å². The summed E-state index contributed by atoms with van der Waals surface area (Å²) in [4.78, 5) is 0. The maximum Gasteiger partial charge on any atom is -0.0294 e. The van der Waals surface area contributed by atoms with Gasteiger partial charge in [-0.05, 0) is 31.6 Å². The van der Waals surface area contributed by atoms with Crippen molar-refractivity contribution in [1.29, 1.82) is 0 Å². The van der Waals surface area contributed by atoms with E-state index in [1.54, 1.807) is 0 Å². The third kappa shape index (κ3) is 3.09. The minimum Gasteiger partial charge on any atom is -0.0999 e. The van der Waals surface area contributed by atoms with Crippen molar-refractivity contribution in [2.24, 2.45) is 5.92 Å². The Morgan fingerprint density at radius 1 is 1.55 bits per heavy atom. The lowest BCUT2D eigenvalue weighted by molar-refractivity contribution is 0.383. The molecule has 1 saturated carbocycles. The number of hydrogen-bond acceptors (Lipinski definition) is 0. The van der Waals surface area contributed by atoms with Crippen molar-refractivity contribution >= 4 is 0 Å². The normalized spacial score (nSPS) is 25.5. The van der Waals surface area contributed by atoms with E-state index in [1.165, 1.54) is 50.5 Å². The van der Waals surface area contributed by atoms with Crippen LogP contribution < -0.4 is 0 Å². The first-order valence-corrected chi connectivity index (χ1v) is 4.99. The third-order valence-corrected chi connectivity index (χ3v) is 2.69. The van der Waals surface area contributed by atoms with E-state index >= 15 is 0 Å². The summed E-state index contributed by atoms with van der Waals surface area (Å²) in [6, 6.07) is 0. The highest BCUT2D eigenvalue weighted by atomic mass is 14.2. The molecule has 0 aromatic carbocycles. The highest BCUT2D eigenvalue weighted by molar-refractivity contribution is 4.98. The van der Waals surface area contributed by atoms with Gasteiger partial charge in [0.2, 0.25) is 0 Å². The first-order valence-electron chi connectivity index (χ1n) is 4.99. The van der Waals surface area contributed by atoms with Crippen LogP contribution in [0.1, 0.15) is 51.9 Å². The summed E-state index contributed by atoms with van der Waals surface area (Å²) in [6.45, 7) is 6.35. The van der Waals surface area contributed by atoms with Crippen molar-refractivity contribution < 1.29 is 0 Å². The molecule has 0 heteroatoms. The average Bonchev–Trinajstić information content (AvgIpc) is 2.01. The molecule has 1 aliphatic carbocycles. The monoisotopic (exact) mass is 152 g/mol. The highest BCUT2D eigenvalue weighted by Crippen LogP contribution is 2.30. The first kappa shape index (κ1) is 8.83. The Kier molecular flexibility index (Phi) is 3.68. The molecule has 0 bridgehead atoms. The van der Waals surface area contributed by atoms with Crippen LogP contribution in [0, 0.1) is 5.92 Å². The molecule has 0 heterocycles. The van der Waals surface area contributed by atoms with Crippen molar-refractivity contribution in [3.63, 3.8) is 0 Å². The molecular weight excluding hydrogens is 132 g/mol. The standard InChI is InChI=1S/C11H20/c1-3-4-7-11-8-5-6-10(2)9-11/h11H,2-9H2,1H3. The third-order valence-electron chi connectivity index (χ3n) is 2.69. The quantitative estimate of drug-likeness (QED) is 0.538. The zero-order valence-corrected chi connectivity index (χ0v) is 7.73. The van der Waals surface area contributed by atoms with Crippen molar-refractivity contribution in [1.82, 2.24) is 0 Å². The lowest BCUT2D eigenvalue weighted by Crippen LogP contribution is -2.07. The van der Waals surface area contributed by atoms with Crippen LogP contribution in [0.2, 0.25) is 0 Å². The van der Waals surface area contributed by atoms with E-state index in [4.69, 9.17) is 0 Å². The zero-order valence-electron chi connectivity index (χ0n) is 7.73. The van der Waals surface area contributed by atoms with E-state index in [-0.39, 0.29) is 0 Å². The molecule has 1 fully saturated rings. The molecule has 1 rings (SSSR count). The topological polar surface area (TPSA) is 0 Å². The molecule has 0 N–H and O–H groups in total. The second kappa shape index (κ2) is 4.58. The Hall–Kier alpha value is -0.260. The maximum absolute atomic E-state index is 4.07. The lowest BCUT2D eigenvalue weighted by Gasteiger charge is -2.23. The van der Waals surface area contributed by atoms with Gasteiger partial charge in [0.05, 0.1) is 0 Å². The van der Waals surface area contributed by atoms with Crippen LogP contribution in [0.5, 0.6) is 0 Å². The number of allylic oxidation sites excluding steroid dienone is 1. The van der Waals surface area contributed by atoms with Gasteiger partial charge in [-0.3, -0.25) is 0 Å². The van der Waals surface area contributed by atoms with Crippen molar-refractivity contribution in [3.8, 4) is 0 Å². The predicted molar refractivity (Wildman–Crippen MR) is 50.6 cm³/mol. The molecule has 0 aromatic rings. The van der Waals surface area contributed by atoms with Crippen LogP contribution in [0.25, 0.3) is 0 Å². The van der Waals surface area contributed by atoms with Gasteiger partial charge in [-0.2, -0.15) is 0 Å². The van der Waals surface area contributed by atoms with E-state index < -0.39 is 0 Å². The van der Waals surface area contributed by atoms with Gasteiger partial charge < -0.3 is 0 Å². The van der Waals surface area contributed by atoms with Crippen LogP contribution in [-0.2, 0) is 0 Å². The van der Waals surface area contributed by atoms with E-state index in [2.05, 4.69) is 13.5 Å². The number of unbranched alkanes of at least 4 members (excludes halogenated alkanes) is 1. The minimum absolute atomic E-state index is 0.983. The Balaban J connectivity index is 2.17. The molecular formula is C11H20. The molecule has 1 aliphatic rings. The fraction of sp³-hybridized carbons (Fsp3) is 0.818. The predicted octanol–water partition coefficient (Wildman–Crippen LogP) is 3.92. The van der Waals surface area contributed by atoms with Crippen LogP contribution in [0.4, 0.5) is 0 Å². The van der Waals surface area contributed by atoms with Gasteiger partial charge >= 0.3 is 0 Å². The van der Waals surface area contributed by atoms with Gasteiger partial charge in [-0.25, -0.2) is 0 Å². The molecule has 0 nitrogen and oxygen atoms in total. The minimum atomic E-state index is 0.983. The van der Waals surface area contributed by atoms with Crippen molar-refractivity contribution in [2.45, 2.75) is 51.9 Å². The number of rotatable bonds is 3. The second-order valence-electron chi connectivity index (χ2n) is 3.85. The zero-order chi connectivity index (χ0) is 8.10. The Morgan fingerprint density at radius 3 is 3.00 bits per heavy atom. The first-order chi connectivity index (χ1) is 5.33. The van der Waals surface area contributed by atoms with Gasteiger partial charge in [-0.15, -0.1) is 0 Å². The molecule has 0 spiro atoms. The van der Waals surface area contributed by atoms with E-state index in [9.17, 15) is 0 Å². The molecule has 11 heavy (non-hydrogen) atoms. The molecule has 0 saturated heterocycles. The SMILES string of the molecule is C=C1CCCC(CCCC)C1. The van der Waals surface area contributed by atoms with E-state index in [0.29, 0.717) is 0 Å². The molecule has 0 amide bonds. The molecule has 0 aromatic heterocycles. The summed E-state index contributed by atoms with van der Waals surface area (Å²) in [5.74, 6) is 0.983. The highest BCUT2D eigenvalue weighted by Gasteiger charge is 2.14. The summed E-state index contributed by atoms with van der Waals surface area (Å²) in [7, 11) is 0. The van der Waals surface area contributed by atoms with Crippen LogP contribution in [0.3, 0.4) is 0 Å². The fourth-order valence-electron chi connectivity index (χ4n) is 1.99. The van der Waals surface area contributed by atoms with Crippen molar-refractivity contribution in [3.05, 3.63) is 12.2 Å². The largest absolute Gasteiger partial charge is 0.0999 e. The summed E-state index contributed by atoms with van der Waals surface area (Å²) < 4.78 is 0. The maximum atomic E-state index is 4.07. The van der Waals surface area contributed by atoms with Crippen LogP contribution in [-0.4, -0.2) is 0 Å².